The van der Waals surface area contributed by atoms with Gasteiger partial charge in [-0.25, -0.2) is 0 Å². The maximum Gasteiger partial charge on any atom is 0.306 e. The zero-order valence-corrected chi connectivity index (χ0v) is 30.2. The van der Waals surface area contributed by atoms with Crippen LogP contribution in [-0.4, -0.2) is 89.0 Å². The largest absolute Gasteiger partial charge is 0.462 e. The number of hydrogen-bond acceptors (Lipinski definition) is 10. The van der Waals surface area contributed by atoms with Crippen molar-refractivity contribution in [2.75, 3.05) is 19.8 Å². The Morgan fingerprint density at radius 1 is 0.653 bits per heavy atom. The Kier molecular flexibility index (Phi) is 27.8. The predicted octanol–water partition coefficient (Wildman–Crippen LogP) is 6.54. The van der Waals surface area contributed by atoms with Gasteiger partial charge in [-0.1, -0.05) is 114 Å². The Balaban J connectivity index is 2.14. The maximum atomic E-state index is 12.5. The summed E-state index contributed by atoms with van der Waals surface area (Å²) in [6.07, 6.45) is 27.3. The van der Waals surface area contributed by atoms with Gasteiger partial charge in [-0.15, -0.1) is 0 Å². The summed E-state index contributed by atoms with van der Waals surface area (Å²) in [6.45, 7) is 2.89. The smallest absolute Gasteiger partial charge is 0.306 e. The third-order valence-electron chi connectivity index (χ3n) is 8.20. The van der Waals surface area contributed by atoms with Crippen LogP contribution in [0.1, 0.15) is 129 Å². The number of carbonyl (C=O) groups excluding carboxylic acids is 2. The van der Waals surface area contributed by atoms with Crippen LogP contribution in [0.4, 0.5) is 0 Å². The molecule has 1 saturated heterocycles. The van der Waals surface area contributed by atoms with Crippen LogP contribution in [0.25, 0.3) is 0 Å². The summed E-state index contributed by atoms with van der Waals surface area (Å²) in [4.78, 5) is 24.4. The number of esters is 2. The minimum Gasteiger partial charge on any atom is -0.462 e. The molecular weight excluding hydrogens is 628 g/mol. The van der Waals surface area contributed by atoms with E-state index < -0.39 is 55.4 Å². The number of aliphatic hydroxyl groups is 4. The van der Waals surface area contributed by atoms with E-state index >= 15 is 0 Å². The molecule has 10 nitrogen and oxygen atoms in total. The molecule has 1 heterocycles. The fraction of sp³-hybridized carbons (Fsp3) is 0.744. The molecule has 49 heavy (non-hydrogen) atoms. The van der Waals surface area contributed by atoms with Gasteiger partial charge < -0.3 is 39.4 Å². The minimum atomic E-state index is -1.59. The van der Waals surface area contributed by atoms with E-state index in [1.54, 1.807) is 0 Å². The molecule has 6 atom stereocenters. The van der Waals surface area contributed by atoms with Gasteiger partial charge in [-0.05, 0) is 51.4 Å². The zero-order chi connectivity index (χ0) is 36.0. The summed E-state index contributed by atoms with van der Waals surface area (Å²) in [7, 11) is 0. The molecular formula is C39H66O10. The van der Waals surface area contributed by atoms with Crippen LogP contribution >= 0.6 is 0 Å². The van der Waals surface area contributed by atoms with Gasteiger partial charge in [-0.3, -0.25) is 9.59 Å². The second-order valence-electron chi connectivity index (χ2n) is 12.7. The van der Waals surface area contributed by atoms with E-state index in [2.05, 4.69) is 55.5 Å². The molecule has 4 N–H and O–H groups in total. The highest BCUT2D eigenvalue weighted by Crippen LogP contribution is 2.22. The summed E-state index contributed by atoms with van der Waals surface area (Å²) in [5.41, 5.74) is 0. The predicted molar refractivity (Wildman–Crippen MR) is 192 cm³/mol. The number of aliphatic hydroxyl groups excluding tert-OH is 4. The van der Waals surface area contributed by atoms with Crippen LogP contribution in [0.3, 0.4) is 0 Å². The molecule has 6 unspecified atom stereocenters. The SMILES string of the molecule is CC/C=C\C/C=C\C/C=C\C/C=C\CCCCCCCCCCCCC(=O)OC(COC(=O)CCC)COC1OC(CO)C(O)C(O)C1O. The average Bonchev–Trinajstić information content (AvgIpc) is 3.09. The van der Waals surface area contributed by atoms with E-state index in [4.69, 9.17) is 18.9 Å². The van der Waals surface area contributed by atoms with Crippen LogP contribution in [0.2, 0.25) is 0 Å². The lowest BCUT2D eigenvalue weighted by Crippen LogP contribution is -2.59. The second kappa shape index (κ2) is 30.5. The molecule has 1 rings (SSSR count). The van der Waals surface area contributed by atoms with Crippen molar-refractivity contribution in [2.45, 2.75) is 166 Å². The van der Waals surface area contributed by atoms with E-state index in [-0.39, 0.29) is 26.1 Å². The molecule has 0 aromatic heterocycles. The molecule has 282 valence electrons. The monoisotopic (exact) mass is 694 g/mol. The number of unbranched alkanes of at least 4 members (excludes halogenated alkanes) is 10. The molecule has 0 aliphatic carbocycles. The standard InChI is InChI=1S/C39H66O10/c1-3-5-6-7-8-9-10-11-12-13-14-15-16-17-18-19-20-21-22-23-24-25-26-28-35(42)48-32(30-46-34(41)27-4-2)31-47-39-38(45)37(44)36(43)33(29-40)49-39/h5-6,8-9,11-12,14-15,32-33,36-40,43-45H,3-4,7,10,13,16-31H2,1-2H3/b6-5-,9-8-,12-11-,15-14-. The van der Waals surface area contributed by atoms with Crippen molar-refractivity contribution in [3.63, 3.8) is 0 Å². The van der Waals surface area contributed by atoms with Crippen LogP contribution in [0, 0.1) is 0 Å². The van der Waals surface area contributed by atoms with Crippen molar-refractivity contribution in [3.8, 4) is 0 Å². The van der Waals surface area contributed by atoms with E-state index in [1.807, 2.05) is 6.92 Å². The van der Waals surface area contributed by atoms with Crippen molar-refractivity contribution in [2.24, 2.45) is 0 Å². The molecule has 0 amide bonds. The third-order valence-corrected chi connectivity index (χ3v) is 8.20. The van der Waals surface area contributed by atoms with Gasteiger partial charge in [-0.2, -0.15) is 0 Å². The van der Waals surface area contributed by atoms with E-state index in [0.29, 0.717) is 12.8 Å². The zero-order valence-electron chi connectivity index (χ0n) is 30.2. The molecule has 0 radical (unpaired) electrons. The summed E-state index contributed by atoms with van der Waals surface area (Å²) in [5.74, 6) is -0.877. The fourth-order valence-corrected chi connectivity index (χ4v) is 5.27. The third kappa shape index (κ3) is 22.9. The number of carbonyl (C=O) groups is 2. The topological polar surface area (TPSA) is 152 Å². The minimum absolute atomic E-state index is 0.221. The Morgan fingerprint density at radius 3 is 1.78 bits per heavy atom. The van der Waals surface area contributed by atoms with Gasteiger partial charge in [0.25, 0.3) is 0 Å². The van der Waals surface area contributed by atoms with Crippen molar-refractivity contribution in [1.29, 1.82) is 0 Å². The molecule has 1 aliphatic heterocycles. The molecule has 0 aromatic carbocycles. The normalized spacial score (nSPS) is 22.1. The summed E-state index contributed by atoms with van der Waals surface area (Å²) >= 11 is 0. The first-order valence-corrected chi connectivity index (χ1v) is 18.7. The van der Waals surface area contributed by atoms with Crippen molar-refractivity contribution in [3.05, 3.63) is 48.6 Å². The summed E-state index contributed by atoms with van der Waals surface area (Å²) < 4.78 is 21.6. The van der Waals surface area contributed by atoms with E-state index in [1.165, 1.54) is 38.5 Å². The highest BCUT2D eigenvalue weighted by molar-refractivity contribution is 5.70. The van der Waals surface area contributed by atoms with Gasteiger partial charge >= 0.3 is 11.9 Å². The van der Waals surface area contributed by atoms with Crippen LogP contribution in [-0.2, 0) is 28.5 Å². The Morgan fingerprint density at radius 2 is 1.20 bits per heavy atom. The first-order valence-electron chi connectivity index (χ1n) is 18.7. The lowest BCUT2D eigenvalue weighted by atomic mass is 9.99. The van der Waals surface area contributed by atoms with Crippen molar-refractivity contribution >= 4 is 11.9 Å². The molecule has 1 fully saturated rings. The molecule has 0 aromatic rings. The first-order chi connectivity index (χ1) is 23.8. The van der Waals surface area contributed by atoms with Crippen LogP contribution in [0.15, 0.2) is 48.6 Å². The highest BCUT2D eigenvalue weighted by atomic mass is 16.7. The number of ether oxygens (including phenoxy) is 4. The lowest BCUT2D eigenvalue weighted by molar-refractivity contribution is -0.305. The molecule has 0 saturated carbocycles. The number of rotatable bonds is 29. The van der Waals surface area contributed by atoms with Crippen molar-refractivity contribution in [1.82, 2.24) is 0 Å². The highest BCUT2D eigenvalue weighted by Gasteiger charge is 2.44. The molecule has 10 heteroatoms. The number of allylic oxidation sites excluding steroid dienone is 8. The van der Waals surface area contributed by atoms with Gasteiger partial charge in [0.2, 0.25) is 0 Å². The van der Waals surface area contributed by atoms with Gasteiger partial charge in [0.1, 0.15) is 31.0 Å². The molecule has 1 aliphatic rings. The second-order valence-corrected chi connectivity index (χ2v) is 12.7. The summed E-state index contributed by atoms with van der Waals surface area (Å²) in [6, 6.07) is 0. The fourth-order valence-electron chi connectivity index (χ4n) is 5.27. The number of hydrogen-bond donors (Lipinski definition) is 4. The lowest BCUT2D eigenvalue weighted by Gasteiger charge is -2.39. The van der Waals surface area contributed by atoms with Gasteiger partial charge in [0.05, 0.1) is 13.2 Å². The van der Waals surface area contributed by atoms with Crippen LogP contribution < -0.4 is 0 Å². The Hall–Kier alpha value is -2.34. The van der Waals surface area contributed by atoms with Crippen molar-refractivity contribution < 1.29 is 49.0 Å². The molecule has 0 spiro atoms. The van der Waals surface area contributed by atoms with Gasteiger partial charge in [0, 0.05) is 12.8 Å². The van der Waals surface area contributed by atoms with E-state index in [9.17, 15) is 30.0 Å². The Bertz CT molecular complexity index is 944. The Labute approximate surface area is 295 Å². The quantitative estimate of drug-likeness (QED) is 0.0386. The van der Waals surface area contributed by atoms with Crippen LogP contribution in [0.5, 0.6) is 0 Å². The average molecular weight is 695 g/mol. The van der Waals surface area contributed by atoms with E-state index in [0.717, 1.165) is 51.4 Å². The summed E-state index contributed by atoms with van der Waals surface area (Å²) in [5, 5.41) is 39.5. The maximum absolute atomic E-state index is 12.5. The first kappa shape index (κ1) is 44.7. The molecule has 0 bridgehead atoms. The van der Waals surface area contributed by atoms with Gasteiger partial charge in [0.15, 0.2) is 12.4 Å².